The summed E-state index contributed by atoms with van der Waals surface area (Å²) in [4.78, 5) is 14.9. The van der Waals surface area contributed by atoms with Crippen molar-refractivity contribution >= 4 is 16.8 Å². The minimum absolute atomic E-state index is 0.138. The van der Waals surface area contributed by atoms with Crippen LogP contribution in [0.2, 0.25) is 0 Å². The number of carbonyl (C=O) groups excluding carboxylic acids is 1. The SMILES string of the molecule is O=C(c1cn(Cc2ccccc2)c2ccccc12)N1CCNCC1. The highest BCUT2D eigenvalue weighted by Crippen LogP contribution is 2.24. The molecule has 0 aliphatic carbocycles. The van der Waals surface area contributed by atoms with Crippen molar-refractivity contribution in [3.63, 3.8) is 0 Å². The van der Waals surface area contributed by atoms with Gasteiger partial charge >= 0.3 is 0 Å². The first-order valence-corrected chi connectivity index (χ1v) is 8.45. The van der Waals surface area contributed by atoms with E-state index in [2.05, 4.69) is 28.1 Å². The lowest BCUT2D eigenvalue weighted by atomic mass is 10.1. The second-order valence-corrected chi connectivity index (χ2v) is 6.22. The van der Waals surface area contributed by atoms with Crippen LogP contribution in [0.4, 0.5) is 0 Å². The van der Waals surface area contributed by atoms with Crippen molar-refractivity contribution in [2.24, 2.45) is 0 Å². The number of nitrogens with zero attached hydrogens (tertiary/aromatic N) is 2. The Morgan fingerprint density at radius 2 is 1.67 bits per heavy atom. The number of para-hydroxylation sites is 1. The van der Waals surface area contributed by atoms with Gasteiger partial charge in [-0.2, -0.15) is 0 Å². The maximum absolute atomic E-state index is 13.0. The minimum atomic E-state index is 0.138. The Kier molecular flexibility index (Phi) is 4.05. The van der Waals surface area contributed by atoms with E-state index in [0.717, 1.165) is 49.2 Å². The summed E-state index contributed by atoms with van der Waals surface area (Å²) in [5.41, 5.74) is 3.16. The second-order valence-electron chi connectivity index (χ2n) is 6.22. The van der Waals surface area contributed by atoms with Crippen molar-refractivity contribution in [1.29, 1.82) is 0 Å². The zero-order valence-corrected chi connectivity index (χ0v) is 13.6. The van der Waals surface area contributed by atoms with Gasteiger partial charge in [0.05, 0.1) is 5.56 Å². The molecular formula is C20H21N3O. The number of fused-ring (bicyclic) bond motifs is 1. The third-order valence-corrected chi connectivity index (χ3v) is 4.62. The molecule has 2 heterocycles. The predicted octanol–water partition coefficient (Wildman–Crippen LogP) is 2.74. The van der Waals surface area contributed by atoms with Crippen LogP contribution in [0.25, 0.3) is 10.9 Å². The van der Waals surface area contributed by atoms with E-state index in [-0.39, 0.29) is 5.91 Å². The molecule has 0 spiro atoms. The Morgan fingerprint density at radius 3 is 2.46 bits per heavy atom. The highest BCUT2D eigenvalue weighted by molar-refractivity contribution is 6.07. The Morgan fingerprint density at radius 1 is 0.958 bits per heavy atom. The number of piperazine rings is 1. The Labute approximate surface area is 141 Å². The van der Waals surface area contributed by atoms with E-state index >= 15 is 0 Å². The first-order valence-electron chi connectivity index (χ1n) is 8.45. The standard InChI is InChI=1S/C20H21N3O/c24-20(22-12-10-21-11-13-22)18-15-23(14-16-6-2-1-3-7-16)19-9-5-4-8-17(18)19/h1-9,15,21H,10-14H2. The highest BCUT2D eigenvalue weighted by atomic mass is 16.2. The van der Waals surface area contributed by atoms with E-state index in [1.165, 1.54) is 5.56 Å². The third-order valence-electron chi connectivity index (χ3n) is 4.62. The molecule has 4 heteroatoms. The quantitative estimate of drug-likeness (QED) is 0.806. The first-order chi connectivity index (χ1) is 11.8. The van der Waals surface area contributed by atoms with Gasteiger partial charge < -0.3 is 14.8 Å². The summed E-state index contributed by atoms with van der Waals surface area (Å²) in [6, 6.07) is 18.5. The van der Waals surface area contributed by atoms with Gasteiger partial charge in [-0.15, -0.1) is 0 Å². The summed E-state index contributed by atoms with van der Waals surface area (Å²) in [6.45, 7) is 4.06. The van der Waals surface area contributed by atoms with E-state index < -0.39 is 0 Å². The van der Waals surface area contributed by atoms with Gasteiger partial charge in [0.1, 0.15) is 0 Å². The van der Waals surface area contributed by atoms with Crippen molar-refractivity contribution in [2.75, 3.05) is 26.2 Å². The van der Waals surface area contributed by atoms with E-state index in [9.17, 15) is 4.79 Å². The molecule has 1 saturated heterocycles. The number of carbonyl (C=O) groups is 1. The topological polar surface area (TPSA) is 37.3 Å². The normalized spacial score (nSPS) is 14.9. The molecule has 0 saturated carbocycles. The average molecular weight is 319 g/mol. The molecule has 4 nitrogen and oxygen atoms in total. The summed E-state index contributed by atoms with van der Waals surface area (Å²) < 4.78 is 2.18. The third kappa shape index (κ3) is 2.81. The lowest BCUT2D eigenvalue weighted by Crippen LogP contribution is -2.46. The Hall–Kier alpha value is -2.59. The van der Waals surface area contributed by atoms with Crippen LogP contribution in [-0.4, -0.2) is 41.6 Å². The van der Waals surface area contributed by atoms with Gasteiger partial charge in [0.25, 0.3) is 5.91 Å². The molecule has 0 atom stereocenters. The van der Waals surface area contributed by atoms with Crippen LogP contribution < -0.4 is 5.32 Å². The van der Waals surface area contributed by atoms with Crippen LogP contribution in [-0.2, 0) is 6.54 Å². The second kappa shape index (κ2) is 6.49. The van der Waals surface area contributed by atoms with Crippen molar-refractivity contribution < 1.29 is 4.79 Å². The molecule has 1 aromatic heterocycles. The number of aromatic nitrogens is 1. The lowest BCUT2D eigenvalue weighted by molar-refractivity contribution is 0.0737. The van der Waals surface area contributed by atoms with Crippen LogP contribution in [0.5, 0.6) is 0 Å². The maximum atomic E-state index is 13.0. The molecule has 1 aliphatic rings. The summed E-state index contributed by atoms with van der Waals surface area (Å²) >= 11 is 0. The molecule has 1 N–H and O–H groups in total. The van der Waals surface area contributed by atoms with E-state index in [0.29, 0.717) is 0 Å². The van der Waals surface area contributed by atoms with Crippen LogP contribution in [0, 0.1) is 0 Å². The molecule has 0 radical (unpaired) electrons. The fourth-order valence-corrected chi connectivity index (χ4v) is 3.37. The lowest BCUT2D eigenvalue weighted by Gasteiger charge is -2.27. The van der Waals surface area contributed by atoms with Crippen molar-refractivity contribution in [3.8, 4) is 0 Å². The van der Waals surface area contributed by atoms with Gasteiger partial charge in [-0.3, -0.25) is 4.79 Å². The van der Waals surface area contributed by atoms with Crippen molar-refractivity contribution in [3.05, 3.63) is 71.9 Å². The Balaban J connectivity index is 1.72. The number of amides is 1. The summed E-state index contributed by atoms with van der Waals surface area (Å²) in [5, 5.41) is 4.34. The van der Waals surface area contributed by atoms with Gasteiger partial charge in [0.15, 0.2) is 0 Å². The van der Waals surface area contributed by atoms with Gasteiger partial charge in [-0.25, -0.2) is 0 Å². The summed E-state index contributed by atoms with van der Waals surface area (Å²) in [7, 11) is 0. The maximum Gasteiger partial charge on any atom is 0.256 e. The predicted molar refractivity (Wildman–Crippen MR) is 96.3 cm³/mol. The Bertz CT molecular complexity index is 848. The van der Waals surface area contributed by atoms with Gasteiger partial charge in [0.2, 0.25) is 0 Å². The molecule has 2 aromatic carbocycles. The molecule has 4 rings (SSSR count). The van der Waals surface area contributed by atoms with Crippen LogP contribution in [0.15, 0.2) is 60.8 Å². The average Bonchev–Trinajstić information content (AvgIpc) is 3.01. The number of rotatable bonds is 3. The van der Waals surface area contributed by atoms with Gasteiger partial charge in [-0.1, -0.05) is 48.5 Å². The number of hydrogen-bond donors (Lipinski definition) is 1. The van der Waals surface area contributed by atoms with E-state index in [1.54, 1.807) is 0 Å². The van der Waals surface area contributed by atoms with E-state index in [1.807, 2.05) is 47.5 Å². The fraction of sp³-hybridized carbons (Fsp3) is 0.250. The summed E-state index contributed by atoms with van der Waals surface area (Å²) in [5.74, 6) is 0.138. The molecule has 1 aliphatic heterocycles. The molecule has 1 amide bonds. The smallest absolute Gasteiger partial charge is 0.256 e. The number of hydrogen-bond acceptors (Lipinski definition) is 2. The van der Waals surface area contributed by atoms with Crippen LogP contribution in [0.3, 0.4) is 0 Å². The zero-order valence-electron chi connectivity index (χ0n) is 13.6. The number of nitrogens with one attached hydrogen (secondary N) is 1. The first kappa shape index (κ1) is 15.0. The van der Waals surface area contributed by atoms with E-state index in [4.69, 9.17) is 0 Å². The number of benzene rings is 2. The molecule has 122 valence electrons. The highest BCUT2D eigenvalue weighted by Gasteiger charge is 2.22. The monoisotopic (exact) mass is 319 g/mol. The fourth-order valence-electron chi connectivity index (χ4n) is 3.37. The van der Waals surface area contributed by atoms with Gasteiger partial charge in [0, 0.05) is 49.8 Å². The molecule has 0 unspecified atom stereocenters. The van der Waals surface area contributed by atoms with Crippen molar-refractivity contribution in [1.82, 2.24) is 14.8 Å². The minimum Gasteiger partial charge on any atom is -0.342 e. The molecule has 3 aromatic rings. The van der Waals surface area contributed by atoms with Crippen LogP contribution >= 0.6 is 0 Å². The van der Waals surface area contributed by atoms with Crippen molar-refractivity contribution in [2.45, 2.75) is 6.54 Å². The molecule has 1 fully saturated rings. The molecule has 24 heavy (non-hydrogen) atoms. The molecular weight excluding hydrogens is 298 g/mol. The summed E-state index contributed by atoms with van der Waals surface area (Å²) in [6.07, 6.45) is 2.02. The largest absolute Gasteiger partial charge is 0.342 e. The zero-order chi connectivity index (χ0) is 16.4. The van der Waals surface area contributed by atoms with Gasteiger partial charge in [-0.05, 0) is 11.6 Å². The van der Waals surface area contributed by atoms with Crippen LogP contribution in [0.1, 0.15) is 15.9 Å². The molecule has 0 bridgehead atoms.